The number of nitrogens with one attached hydrogen (secondary N) is 2. The number of para-hydroxylation sites is 1. The molecule has 0 bridgehead atoms. The Morgan fingerprint density at radius 1 is 0.667 bits per heavy atom. The molecule has 2 N–H and O–H groups in total. The highest BCUT2D eigenvalue weighted by Gasteiger charge is 2.23. The van der Waals surface area contributed by atoms with Crippen LogP contribution >= 0.6 is 0 Å². The topological polar surface area (TPSA) is 101 Å². The van der Waals surface area contributed by atoms with Gasteiger partial charge in [0.1, 0.15) is 5.69 Å². The summed E-state index contributed by atoms with van der Waals surface area (Å²) in [5.41, 5.74) is 0.933. The largest absolute Gasteiger partial charge is 0.350 e. The van der Waals surface area contributed by atoms with Gasteiger partial charge in [0.15, 0.2) is 0 Å². The van der Waals surface area contributed by atoms with Gasteiger partial charge in [-0.25, -0.2) is 8.42 Å². The smallest absolute Gasteiger partial charge is 0.294 e. The molecule has 0 spiro atoms. The first-order chi connectivity index (χ1) is 17.4. The van der Waals surface area contributed by atoms with Gasteiger partial charge < -0.3 is 5.32 Å². The number of nitro groups is 1. The molecule has 36 heavy (non-hydrogen) atoms. The second kappa shape index (κ2) is 8.21. The lowest BCUT2D eigenvalue weighted by Gasteiger charge is -2.15. The molecule has 0 aliphatic carbocycles. The summed E-state index contributed by atoms with van der Waals surface area (Å²) in [6.07, 6.45) is 0. The number of anilines is 3. The molecule has 0 aliphatic rings. The summed E-state index contributed by atoms with van der Waals surface area (Å²) in [5.74, 6) is 0. The van der Waals surface area contributed by atoms with Gasteiger partial charge in [0.2, 0.25) is 0 Å². The van der Waals surface area contributed by atoms with Gasteiger partial charge >= 0.3 is 0 Å². The highest BCUT2D eigenvalue weighted by molar-refractivity contribution is 7.92. The molecule has 8 heteroatoms. The molecule has 0 atom stereocenters. The van der Waals surface area contributed by atoms with Crippen molar-refractivity contribution in [1.82, 2.24) is 0 Å². The third kappa shape index (κ3) is 3.64. The lowest BCUT2D eigenvalue weighted by atomic mass is 9.94. The van der Waals surface area contributed by atoms with E-state index < -0.39 is 14.9 Å². The van der Waals surface area contributed by atoms with Gasteiger partial charge in [-0.1, -0.05) is 66.7 Å². The molecule has 0 aromatic heterocycles. The van der Waals surface area contributed by atoms with Gasteiger partial charge in [-0.2, -0.15) is 0 Å². The summed E-state index contributed by atoms with van der Waals surface area (Å²) >= 11 is 0. The summed E-state index contributed by atoms with van der Waals surface area (Å²) in [5, 5.41) is 20.7. The van der Waals surface area contributed by atoms with Gasteiger partial charge in [-0.3, -0.25) is 14.8 Å². The van der Waals surface area contributed by atoms with Crippen LogP contribution in [0, 0.1) is 10.1 Å². The van der Waals surface area contributed by atoms with Crippen molar-refractivity contribution in [3.63, 3.8) is 0 Å². The highest BCUT2D eigenvalue weighted by atomic mass is 32.2. The first kappa shape index (κ1) is 21.8. The van der Waals surface area contributed by atoms with Crippen molar-refractivity contribution in [3.05, 3.63) is 113 Å². The van der Waals surface area contributed by atoms with Gasteiger partial charge in [0.05, 0.1) is 15.5 Å². The van der Waals surface area contributed by atoms with E-state index >= 15 is 0 Å². The van der Waals surface area contributed by atoms with Crippen LogP contribution in [-0.2, 0) is 10.0 Å². The standard InChI is InChI=1S/C28H19N3O4S/c32-31(33)26-17-22(13-16-25(26)29-21-7-2-1-3-8-21)36(34,35)30-24-15-12-20-10-9-18-5-4-6-19-11-14-23(24)28(20)27(18)19/h1-17,29-30H. The van der Waals surface area contributed by atoms with Crippen LogP contribution in [0.25, 0.3) is 32.3 Å². The molecule has 0 saturated heterocycles. The summed E-state index contributed by atoms with van der Waals surface area (Å²) in [7, 11) is -4.11. The normalized spacial score (nSPS) is 11.8. The maximum atomic E-state index is 13.4. The van der Waals surface area contributed by atoms with Crippen molar-refractivity contribution < 1.29 is 13.3 Å². The van der Waals surface area contributed by atoms with E-state index in [4.69, 9.17) is 0 Å². The first-order valence-electron chi connectivity index (χ1n) is 11.2. The Labute approximate surface area is 206 Å². The molecule has 176 valence electrons. The van der Waals surface area contributed by atoms with Crippen LogP contribution in [-0.4, -0.2) is 13.3 Å². The molecule has 6 aromatic carbocycles. The fourth-order valence-electron chi connectivity index (χ4n) is 4.64. The highest BCUT2D eigenvalue weighted by Crippen LogP contribution is 2.38. The summed E-state index contributed by atoms with van der Waals surface area (Å²) in [6.45, 7) is 0. The number of nitro benzene ring substituents is 1. The van der Waals surface area contributed by atoms with Crippen molar-refractivity contribution >= 4 is 65.1 Å². The average molecular weight is 494 g/mol. The van der Waals surface area contributed by atoms with Crippen molar-refractivity contribution in [2.24, 2.45) is 0 Å². The van der Waals surface area contributed by atoms with E-state index in [2.05, 4.69) is 16.1 Å². The molecule has 0 radical (unpaired) electrons. The van der Waals surface area contributed by atoms with Gasteiger partial charge in [-0.15, -0.1) is 0 Å². The first-order valence-corrected chi connectivity index (χ1v) is 12.7. The maximum absolute atomic E-state index is 13.4. The van der Waals surface area contributed by atoms with E-state index in [1.165, 1.54) is 12.1 Å². The van der Waals surface area contributed by atoms with Gasteiger partial charge in [-0.05, 0) is 57.3 Å². The van der Waals surface area contributed by atoms with E-state index in [9.17, 15) is 18.5 Å². The monoisotopic (exact) mass is 493 g/mol. The van der Waals surface area contributed by atoms with Gasteiger partial charge in [0.25, 0.3) is 15.7 Å². The van der Waals surface area contributed by atoms with Crippen LogP contribution in [0.15, 0.2) is 108 Å². The third-order valence-corrected chi connectivity index (χ3v) is 7.67. The van der Waals surface area contributed by atoms with Gasteiger partial charge in [0, 0.05) is 17.1 Å². The predicted octanol–water partition coefficient (Wildman–Crippen LogP) is 7.04. The van der Waals surface area contributed by atoms with Crippen molar-refractivity contribution in [3.8, 4) is 0 Å². The van der Waals surface area contributed by atoms with Crippen LogP contribution in [0.3, 0.4) is 0 Å². The van der Waals surface area contributed by atoms with Crippen LogP contribution in [0.2, 0.25) is 0 Å². The molecule has 6 aromatic rings. The Morgan fingerprint density at radius 3 is 2.03 bits per heavy atom. The molecule has 0 saturated carbocycles. The lowest BCUT2D eigenvalue weighted by Crippen LogP contribution is -2.14. The number of hydrogen-bond donors (Lipinski definition) is 2. The lowest BCUT2D eigenvalue weighted by molar-refractivity contribution is -0.384. The van der Waals surface area contributed by atoms with Crippen LogP contribution in [0.4, 0.5) is 22.7 Å². The molecular weight excluding hydrogens is 474 g/mol. The van der Waals surface area contributed by atoms with E-state index in [1.807, 2.05) is 48.5 Å². The van der Waals surface area contributed by atoms with Crippen LogP contribution in [0.5, 0.6) is 0 Å². The Kier molecular flexibility index (Phi) is 4.98. The minimum Gasteiger partial charge on any atom is -0.350 e. The second-order valence-electron chi connectivity index (χ2n) is 8.50. The summed E-state index contributed by atoms with van der Waals surface area (Å²) in [4.78, 5) is 11.0. The zero-order valence-corrected chi connectivity index (χ0v) is 19.6. The maximum Gasteiger partial charge on any atom is 0.294 e. The molecule has 7 nitrogen and oxygen atoms in total. The minimum atomic E-state index is -4.11. The van der Waals surface area contributed by atoms with E-state index in [0.29, 0.717) is 11.4 Å². The van der Waals surface area contributed by atoms with Crippen LogP contribution in [0.1, 0.15) is 0 Å². The minimum absolute atomic E-state index is 0.196. The Hall–Kier alpha value is -4.69. The fourth-order valence-corrected chi connectivity index (χ4v) is 5.74. The van der Waals surface area contributed by atoms with E-state index in [1.54, 1.807) is 30.3 Å². The third-order valence-electron chi connectivity index (χ3n) is 6.30. The quantitative estimate of drug-likeness (QED) is 0.147. The van der Waals surface area contributed by atoms with Crippen LogP contribution < -0.4 is 10.0 Å². The fraction of sp³-hybridized carbons (Fsp3) is 0. The molecule has 0 heterocycles. The van der Waals surface area contributed by atoms with E-state index in [-0.39, 0.29) is 16.3 Å². The number of hydrogen-bond acceptors (Lipinski definition) is 5. The van der Waals surface area contributed by atoms with E-state index in [0.717, 1.165) is 38.4 Å². The SMILES string of the molecule is O=[N+]([O-])c1cc(S(=O)(=O)Nc2ccc3ccc4cccc5ccc2c3c45)ccc1Nc1ccccc1. The Balaban J connectivity index is 1.42. The summed E-state index contributed by atoms with van der Waals surface area (Å²) < 4.78 is 29.4. The zero-order chi connectivity index (χ0) is 24.9. The number of nitrogens with zero attached hydrogens (tertiary/aromatic N) is 1. The molecule has 0 unspecified atom stereocenters. The molecule has 0 amide bonds. The second-order valence-corrected chi connectivity index (χ2v) is 10.2. The summed E-state index contributed by atoms with van der Waals surface area (Å²) in [6, 6.07) is 30.4. The number of sulfonamides is 1. The predicted molar refractivity (Wildman–Crippen MR) is 144 cm³/mol. The zero-order valence-electron chi connectivity index (χ0n) is 18.8. The molecular formula is C28H19N3O4S. The Morgan fingerprint density at radius 2 is 1.31 bits per heavy atom. The number of benzene rings is 6. The molecule has 6 rings (SSSR count). The van der Waals surface area contributed by atoms with Crippen molar-refractivity contribution in [2.45, 2.75) is 4.90 Å². The molecule has 0 fully saturated rings. The number of rotatable bonds is 6. The van der Waals surface area contributed by atoms with Crippen molar-refractivity contribution in [2.75, 3.05) is 10.0 Å². The van der Waals surface area contributed by atoms with Crippen molar-refractivity contribution in [1.29, 1.82) is 0 Å². The average Bonchev–Trinajstić information content (AvgIpc) is 2.88. The Bertz CT molecular complexity index is 1870. The molecule has 0 aliphatic heterocycles.